The van der Waals surface area contributed by atoms with Crippen molar-refractivity contribution in [1.82, 2.24) is 24.5 Å². The minimum absolute atomic E-state index is 0.765. The summed E-state index contributed by atoms with van der Waals surface area (Å²) < 4.78 is 1.98. The van der Waals surface area contributed by atoms with Crippen molar-refractivity contribution in [3.05, 3.63) is 30.0 Å². The smallest absolute Gasteiger partial charge is 0.174 e. The molecule has 0 fully saturated rings. The molecule has 0 atom stereocenters. The van der Waals surface area contributed by atoms with E-state index >= 15 is 0 Å². The van der Waals surface area contributed by atoms with Crippen LogP contribution in [0.15, 0.2) is 28.6 Å². The topological polar surface area (TPSA) is 59.4 Å². The lowest BCUT2D eigenvalue weighted by molar-refractivity contribution is 0.788. The zero-order valence-corrected chi connectivity index (χ0v) is 11.2. The highest BCUT2D eigenvalue weighted by molar-refractivity contribution is 7.99. The predicted molar refractivity (Wildman–Crippen MR) is 70.7 cm³/mol. The SMILES string of the molecule is Cc1nc(Sc2nccn2C)c2cc(C)[nH]c2n1. The maximum Gasteiger partial charge on any atom is 0.174 e. The quantitative estimate of drug-likeness (QED) is 0.718. The summed E-state index contributed by atoms with van der Waals surface area (Å²) in [6, 6.07) is 2.07. The molecule has 0 aliphatic carbocycles. The number of aromatic amines is 1. The van der Waals surface area contributed by atoms with E-state index in [4.69, 9.17) is 0 Å². The molecule has 3 rings (SSSR count). The molecule has 0 aromatic carbocycles. The van der Waals surface area contributed by atoms with Crippen molar-refractivity contribution in [3.63, 3.8) is 0 Å². The summed E-state index contributed by atoms with van der Waals surface area (Å²) in [6.07, 6.45) is 3.71. The Balaban J connectivity index is 2.13. The minimum Gasteiger partial charge on any atom is -0.343 e. The monoisotopic (exact) mass is 259 g/mol. The molecular weight excluding hydrogens is 246 g/mol. The third kappa shape index (κ3) is 1.88. The highest BCUT2D eigenvalue weighted by Crippen LogP contribution is 2.30. The van der Waals surface area contributed by atoms with E-state index in [1.165, 1.54) is 0 Å². The fraction of sp³-hybridized carbons (Fsp3) is 0.250. The number of imidazole rings is 1. The van der Waals surface area contributed by atoms with E-state index in [1.807, 2.05) is 31.7 Å². The van der Waals surface area contributed by atoms with Gasteiger partial charge in [0.1, 0.15) is 16.5 Å². The van der Waals surface area contributed by atoms with E-state index in [-0.39, 0.29) is 0 Å². The van der Waals surface area contributed by atoms with Crippen LogP contribution in [-0.2, 0) is 7.05 Å². The van der Waals surface area contributed by atoms with Crippen molar-refractivity contribution in [1.29, 1.82) is 0 Å². The van der Waals surface area contributed by atoms with E-state index in [1.54, 1.807) is 18.0 Å². The fourth-order valence-corrected chi connectivity index (χ4v) is 2.77. The first-order valence-corrected chi connectivity index (χ1v) is 6.44. The van der Waals surface area contributed by atoms with Crippen molar-refractivity contribution >= 4 is 22.8 Å². The minimum atomic E-state index is 0.765. The van der Waals surface area contributed by atoms with Gasteiger partial charge in [-0.1, -0.05) is 0 Å². The number of rotatable bonds is 2. The maximum atomic E-state index is 4.51. The molecule has 0 saturated heterocycles. The van der Waals surface area contributed by atoms with Crippen LogP contribution in [0.5, 0.6) is 0 Å². The van der Waals surface area contributed by atoms with Gasteiger partial charge in [0.2, 0.25) is 0 Å². The molecule has 3 heterocycles. The Morgan fingerprint density at radius 2 is 2.11 bits per heavy atom. The first-order valence-electron chi connectivity index (χ1n) is 5.62. The lowest BCUT2D eigenvalue weighted by Gasteiger charge is -2.03. The van der Waals surface area contributed by atoms with Gasteiger partial charge in [0, 0.05) is 25.1 Å². The normalized spacial score (nSPS) is 11.3. The number of aryl methyl sites for hydroxylation is 3. The molecule has 1 N–H and O–H groups in total. The third-order valence-corrected chi connectivity index (χ3v) is 3.74. The summed E-state index contributed by atoms with van der Waals surface area (Å²) in [5.41, 5.74) is 1.98. The maximum absolute atomic E-state index is 4.51. The van der Waals surface area contributed by atoms with Crippen LogP contribution in [0.4, 0.5) is 0 Å². The lowest BCUT2D eigenvalue weighted by atomic mass is 10.4. The van der Waals surface area contributed by atoms with E-state index in [2.05, 4.69) is 26.0 Å². The van der Waals surface area contributed by atoms with Gasteiger partial charge in [0.05, 0.1) is 5.39 Å². The Morgan fingerprint density at radius 1 is 1.28 bits per heavy atom. The number of fused-ring (bicyclic) bond motifs is 1. The molecule has 0 unspecified atom stereocenters. The summed E-state index contributed by atoms with van der Waals surface area (Å²) >= 11 is 1.56. The molecule has 0 radical (unpaired) electrons. The summed E-state index contributed by atoms with van der Waals surface area (Å²) in [7, 11) is 1.98. The zero-order valence-electron chi connectivity index (χ0n) is 10.4. The second-order valence-electron chi connectivity index (χ2n) is 4.21. The van der Waals surface area contributed by atoms with Gasteiger partial charge in [-0.2, -0.15) is 0 Å². The van der Waals surface area contributed by atoms with E-state index in [0.29, 0.717) is 0 Å². The van der Waals surface area contributed by atoms with Crippen LogP contribution in [0, 0.1) is 13.8 Å². The molecule has 0 saturated carbocycles. The summed E-state index contributed by atoms with van der Waals surface area (Å²) in [6.45, 7) is 3.92. The summed E-state index contributed by atoms with van der Waals surface area (Å²) in [5, 5.41) is 2.91. The Morgan fingerprint density at radius 3 is 2.83 bits per heavy atom. The molecule has 5 nitrogen and oxygen atoms in total. The molecule has 3 aromatic heterocycles. The average Bonchev–Trinajstić information content (AvgIpc) is 2.85. The summed E-state index contributed by atoms with van der Waals surface area (Å²) in [5.74, 6) is 0.765. The zero-order chi connectivity index (χ0) is 12.7. The first kappa shape index (κ1) is 11.3. The van der Waals surface area contributed by atoms with Crippen LogP contribution in [0.1, 0.15) is 11.5 Å². The predicted octanol–water partition coefficient (Wildman–Crippen LogP) is 2.46. The Bertz CT molecular complexity index is 712. The second-order valence-corrected chi connectivity index (χ2v) is 5.17. The summed E-state index contributed by atoms with van der Waals surface area (Å²) in [4.78, 5) is 16.5. The van der Waals surface area contributed by atoms with E-state index in [0.717, 1.165) is 32.7 Å². The average molecular weight is 259 g/mol. The van der Waals surface area contributed by atoms with Gasteiger partial charge < -0.3 is 9.55 Å². The van der Waals surface area contributed by atoms with Gasteiger partial charge in [0.15, 0.2) is 5.16 Å². The number of H-pyrrole nitrogens is 1. The van der Waals surface area contributed by atoms with Crippen molar-refractivity contribution in [2.45, 2.75) is 24.0 Å². The van der Waals surface area contributed by atoms with E-state index in [9.17, 15) is 0 Å². The van der Waals surface area contributed by atoms with Gasteiger partial charge in [0.25, 0.3) is 0 Å². The number of nitrogens with one attached hydrogen (secondary N) is 1. The van der Waals surface area contributed by atoms with Crippen LogP contribution in [-0.4, -0.2) is 24.5 Å². The molecule has 0 spiro atoms. The van der Waals surface area contributed by atoms with Crippen LogP contribution < -0.4 is 0 Å². The van der Waals surface area contributed by atoms with Crippen molar-refractivity contribution in [3.8, 4) is 0 Å². The molecule has 18 heavy (non-hydrogen) atoms. The molecule has 0 aliphatic rings. The molecule has 0 amide bonds. The third-order valence-electron chi connectivity index (χ3n) is 2.66. The Labute approximate surface area is 109 Å². The number of hydrogen-bond acceptors (Lipinski definition) is 4. The standard InChI is InChI=1S/C12H13N5S/c1-7-6-9-10(14-7)15-8(2)16-11(9)18-12-13-4-5-17(12)3/h4-6H,1-3H3,(H,14,15,16). The van der Waals surface area contributed by atoms with Gasteiger partial charge in [-0.05, 0) is 31.7 Å². The molecule has 6 heteroatoms. The molecule has 0 bridgehead atoms. The second kappa shape index (κ2) is 4.13. The fourth-order valence-electron chi connectivity index (χ4n) is 1.83. The number of hydrogen-bond donors (Lipinski definition) is 1. The van der Waals surface area contributed by atoms with Gasteiger partial charge >= 0.3 is 0 Å². The van der Waals surface area contributed by atoms with E-state index < -0.39 is 0 Å². The highest BCUT2D eigenvalue weighted by atomic mass is 32.2. The Hall–Kier alpha value is -1.82. The highest BCUT2D eigenvalue weighted by Gasteiger charge is 2.11. The van der Waals surface area contributed by atoms with Crippen LogP contribution >= 0.6 is 11.8 Å². The molecular formula is C12H13N5S. The van der Waals surface area contributed by atoms with Crippen LogP contribution in [0.25, 0.3) is 11.0 Å². The number of aromatic nitrogens is 5. The first-order chi connectivity index (χ1) is 8.63. The van der Waals surface area contributed by atoms with Crippen LogP contribution in [0.3, 0.4) is 0 Å². The van der Waals surface area contributed by atoms with Gasteiger partial charge in [-0.25, -0.2) is 15.0 Å². The molecule has 3 aromatic rings. The number of nitrogens with zero attached hydrogens (tertiary/aromatic N) is 4. The lowest BCUT2D eigenvalue weighted by Crippen LogP contribution is -1.94. The van der Waals surface area contributed by atoms with Gasteiger partial charge in [-0.3, -0.25) is 0 Å². The molecule has 0 aliphatic heterocycles. The van der Waals surface area contributed by atoms with Crippen molar-refractivity contribution in [2.24, 2.45) is 7.05 Å². The molecule has 92 valence electrons. The van der Waals surface area contributed by atoms with Crippen LogP contribution in [0.2, 0.25) is 0 Å². The largest absolute Gasteiger partial charge is 0.343 e. The van der Waals surface area contributed by atoms with Gasteiger partial charge in [-0.15, -0.1) is 0 Å². The Kier molecular flexibility index (Phi) is 2.59. The van der Waals surface area contributed by atoms with Crippen molar-refractivity contribution in [2.75, 3.05) is 0 Å². The van der Waals surface area contributed by atoms with Crippen molar-refractivity contribution < 1.29 is 0 Å².